The number of hydrogen-bond donors (Lipinski definition) is 0. The first-order valence-corrected chi connectivity index (χ1v) is 7.38. The highest BCUT2D eigenvalue weighted by atomic mass is 79.9. The van der Waals surface area contributed by atoms with E-state index in [-0.39, 0.29) is 11.2 Å². The molecule has 0 aliphatic heterocycles. The van der Waals surface area contributed by atoms with Crippen LogP contribution in [0.4, 0.5) is 4.39 Å². The number of rotatable bonds is 2. The molecular formula is C15H11BrClFN2. The second-order valence-electron chi connectivity index (χ2n) is 4.51. The Bertz CT molecular complexity index is 783. The maximum atomic E-state index is 13.3. The van der Waals surface area contributed by atoms with Crippen molar-refractivity contribution < 1.29 is 4.39 Å². The number of imidazole rings is 1. The van der Waals surface area contributed by atoms with Gasteiger partial charge in [0.15, 0.2) is 0 Å². The molecule has 2 aromatic carbocycles. The molecular weight excluding hydrogens is 343 g/mol. The fourth-order valence-electron chi connectivity index (χ4n) is 2.23. The van der Waals surface area contributed by atoms with E-state index in [0.717, 1.165) is 22.5 Å². The van der Waals surface area contributed by atoms with Crippen molar-refractivity contribution in [2.24, 2.45) is 0 Å². The lowest BCUT2D eigenvalue weighted by atomic mass is 10.2. The van der Waals surface area contributed by atoms with Crippen molar-refractivity contribution in [2.75, 3.05) is 0 Å². The van der Waals surface area contributed by atoms with Gasteiger partial charge in [0, 0.05) is 4.47 Å². The Morgan fingerprint density at radius 3 is 2.70 bits per heavy atom. The van der Waals surface area contributed by atoms with Crippen molar-refractivity contribution in [3.63, 3.8) is 0 Å². The predicted octanol–water partition coefficient (Wildman–Crippen LogP) is 5.23. The van der Waals surface area contributed by atoms with E-state index < -0.39 is 0 Å². The third kappa shape index (κ3) is 2.23. The fraction of sp³-hybridized carbons (Fsp3) is 0.133. The van der Waals surface area contributed by atoms with Gasteiger partial charge >= 0.3 is 0 Å². The summed E-state index contributed by atoms with van der Waals surface area (Å²) in [7, 11) is 0. The molecule has 0 spiro atoms. The number of fused-ring (bicyclic) bond motifs is 1. The van der Waals surface area contributed by atoms with Crippen molar-refractivity contribution in [1.82, 2.24) is 9.55 Å². The lowest BCUT2D eigenvalue weighted by Crippen LogP contribution is -2.03. The predicted molar refractivity (Wildman–Crippen MR) is 83.0 cm³/mol. The molecule has 20 heavy (non-hydrogen) atoms. The molecule has 0 aliphatic rings. The SMILES string of the molecule is CC(Cl)c1nc2ccccc2n1-c1ccc(F)cc1Br. The van der Waals surface area contributed by atoms with Gasteiger partial charge in [0.05, 0.1) is 22.1 Å². The quantitative estimate of drug-likeness (QED) is 0.577. The zero-order valence-corrected chi connectivity index (χ0v) is 13.0. The summed E-state index contributed by atoms with van der Waals surface area (Å²) < 4.78 is 15.9. The van der Waals surface area contributed by atoms with Crippen molar-refractivity contribution >= 4 is 38.6 Å². The molecule has 3 rings (SSSR count). The van der Waals surface area contributed by atoms with E-state index >= 15 is 0 Å². The van der Waals surface area contributed by atoms with Crippen LogP contribution in [-0.2, 0) is 0 Å². The zero-order valence-electron chi connectivity index (χ0n) is 10.6. The molecule has 5 heteroatoms. The second kappa shape index (κ2) is 5.19. The largest absolute Gasteiger partial charge is 0.294 e. The third-order valence-electron chi connectivity index (χ3n) is 3.09. The van der Waals surface area contributed by atoms with Gasteiger partial charge < -0.3 is 0 Å². The molecule has 1 atom stereocenters. The van der Waals surface area contributed by atoms with Gasteiger partial charge in [-0.05, 0) is 53.2 Å². The summed E-state index contributed by atoms with van der Waals surface area (Å²) in [6.45, 7) is 1.87. The number of benzene rings is 2. The smallest absolute Gasteiger partial charge is 0.132 e. The van der Waals surface area contributed by atoms with E-state index in [1.807, 2.05) is 35.8 Å². The standard InChI is InChI=1S/C15H11BrClFN2/c1-9(17)15-19-12-4-2-3-5-14(12)20(15)13-7-6-10(18)8-11(13)16/h2-9H,1H3. The monoisotopic (exact) mass is 352 g/mol. The first kappa shape index (κ1) is 13.6. The van der Waals surface area contributed by atoms with E-state index in [9.17, 15) is 4.39 Å². The Hall–Kier alpha value is -1.39. The van der Waals surface area contributed by atoms with Gasteiger partial charge in [-0.1, -0.05) is 12.1 Å². The zero-order chi connectivity index (χ0) is 14.3. The molecule has 0 N–H and O–H groups in total. The number of para-hydroxylation sites is 2. The highest BCUT2D eigenvalue weighted by molar-refractivity contribution is 9.10. The van der Waals surface area contributed by atoms with Crippen LogP contribution in [0.5, 0.6) is 0 Å². The number of aromatic nitrogens is 2. The average Bonchev–Trinajstić information content (AvgIpc) is 2.78. The van der Waals surface area contributed by atoms with E-state index in [1.54, 1.807) is 6.07 Å². The highest BCUT2D eigenvalue weighted by Gasteiger charge is 2.17. The molecule has 1 unspecified atom stereocenters. The Balaban J connectivity index is 2.36. The van der Waals surface area contributed by atoms with Crippen LogP contribution in [0.25, 0.3) is 16.7 Å². The van der Waals surface area contributed by atoms with Crippen LogP contribution in [0, 0.1) is 5.82 Å². The molecule has 0 aliphatic carbocycles. The molecule has 0 fully saturated rings. The minimum atomic E-state index is -0.287. The molecule has 102 valence electrons. The van der Waals surface area contributed by atoms with Gasteiger partial charge in [-0.15, -0.1) is 11.6 Å². The maximum absolute atomic E-state index is 13.3. The summed E-state index contributed by atoms with van der Waals surface area (Å²) in [4.78, 5) is 4.57. The minimum absolute atomic E-state index is 0.251. The van der Waals surface area contributed by atoms with Crippen LogP contribution in [0.3, 0.4) is 0 Å². The number of alkyl halides is 1. The van der Waals surface area contributed by atoms with Crippen LogP contribution in [0.15, 0.2) is 46.9 Å². The summed E-state index contributed by atoms with van der Waals surface area (Å²) in [6.07, 6.45) is 0. The van der Waals surface area contributed by atoms with E-state index in [2.05, 4.69) is 20.9 Å². The first-order valence-electron chi connectivity index (χ1n) is 6.15. The Morgan fingerprint density at radius 1 is 1.25 bits per heavy atom. The number of nitrogens with zero attached hydrogens (tertiary/aromatic N) is 2. The van der Waals surface area contributed by atoms with Gasteiger partial charge in [0.2, 0.25) is 0 Å². The number of halogens is 3. The van der Waals surface area contributed by atoms with Crippen molar-refractivity contribution in [2.45, 2.75) is 12.3 Å². The molecule has 0 amide bonds. The number of hydrogen-bond acceptors (Lipinski definition) is 1. The van der Waals surface area contributed by atoms with Gasteiger partial charge in [0.1, 0.15) is 11.6 Å². The van der Waals surface area contributed by atoms with Crippen LogP contribution in [0.1, 0.15) is 18.1 Å². The van der Waals surface area contributed by atoms with Gasteiger partial charge in [0.25, 0.3) is 0 Å². The lowest BCUT2D eigenvalue weighted by molar-refractivity contribution is 0.626. The maximum Gasteiger partial charge on any atom is 0.132 e. The van der Waals surface area contributed by atoms with Crippen LogP contribution < -0.4 is 0 Å². The lowest BCUT2D eigenvalue weighted by Gasteiger charge is -2.12. The van der Waals surface area contributed by atoms with Crippen LogP contribution >= 0.6 is 27.5 Å². The highest BCUT2D eigenvalue weighted by Crippen LogP contribution is 2.31. The summed E-state index contributed by atoms with van der Waals surface area (Å²) >= 11 is 9.65. The molecule has 1 aromatic heterocycles. The Morgan fingerprint density at radius 2 is 2.00 bits per heavy atom. The van der Waals surface area contributed by atoms with E-state index in [4.69, 9.17) is 11.6 Å². The van der Waals surface area contributed by atoms with E-state index in [1.165, 1.54) is 12.1 Å². The molecule has 0 bridgehead atoms. The molecule has 2 nitrogen and oxygen atoms in total. The molecule has 0 saturated carbocycles. The molecule has 0 saturated heterocycles. The Labute approximate surface area is 129 Å². The Kier molecular flexibility index (Phi) is 3.52. The third-order valence-corrected chi connectivity index (χ3v) is 3.92. The van der Waals surface area contributed by atoms with E-state index in [0.29, 0.717) is 4.47 Å². The van der Waals surface area contributed by atoms with Gasteiger partial charge in [-0.3, -0.25) is 4.57 Å². The minimum Gasteiger partial charge on any atom is -0.294 e. The molecule has 1 heterocycles. The normalized spacial score (nSPS) is 12.8. The van der Waals surface area contributed by atoms with Gasteiger partial charge in [-0.2, -0.15) is 0 Å². The van der Waals surface area contributed by atoms with Crippen molar-refractivity contribution in [3.05, 3.63) is 58.6 Å². The summed E-state index contributed by atoms with van der Waals surface area (Å²) in [6, 6.07) is 12.4. The second-order valence-corrected chi connectivity index (χ2v) is 6.01. The van der Waals surface area contributed by atoms with Crippen molar-refractivity contribution in [3.8, 4) is 5.69 Å². The average molecular weight is 354 g/mol. The van der Waals surface area contributed by atoms with Crippen molar-refractivity contribution in [1.29, 1.82) is 0 Å². The van der Waals surface area contributed by atoms with Gasteiger partial charge in [-0.25, -0.2) is 9.37 Å². The topological polar surface area (TPSA) is 17.8 Å². The fourth-order valence-corrected chi connectivity index (χ4v) is 2.90. The molecule has 3 aromatic rings. The first-order chi connectivity index (χ1) is 9.58. The summed E-state index contributed by atoms with van der Waals surface area (Å²) in [5.74, 6) is 0.450. The van der Waals surface area contributed by atoms with Crippen LogP contribution in [-0.4, -0.2) is 9.55 Å². The van der Waals surface area contributed by atoms with Crippen LogP contribution in [0.2, 0.25) is 0 Å². The molecule has 0 radical (unpaired) electrons. The summed E-state index contributed by atoms with van der Waals surface area (Å²) in [5.41, 5.74) is 2.64. The summed E-state index contributed by atoms with van der Waals surface area (Å²) in [5, 5.41) is -0.251.